The molecule has 0 unspecified atom stereocenters. The van der Waals surface area contributed by atoms with Gasteiger partial charge >= 0.3 is 5.97 Å². The van der Waals surface area contributed by atoms with E-state index in [-0.39, 0.29) is 30.2 Å². The zero-order valence-corrected chi connectivity index (χ0v) is 24.0. The SMILES string of the molecule is CC[C@H](C)[C@H](NC(=O)[C@@H]1CCCN1)C(=O)N1CCC[C@H]1C(=O)N[C@@H](Cc1ccccc1)C(=O)N1CCC[C@H]1C(=O)O. The molecule has 3 fully saturated rings. The Morgan fingerprint density at radius 3 is 2.17 bits per heavy atom. The van der Waals surface area contributed by atoms with Crippen molar-refractivity contribution in [3.63, 3.8) is 0 Å². The molecule has 0 aromatic heterocycles. The number of aliphatic carboxylic acids is 1. The molecule has 0 bridgehead atoms. The summed E-state index contributed by atoms with van der Waals surface area (Å²) in [4.78, 5) is 68.7. The predicted octanol–water partition coefficient (Wildman–Crippen LogP) is 1.06. The Hall–Kier alpha value is -3.47. The van der Waals surface area contributed by atoms with Gasteiger partial charge in [0.25, 0.3) is 0 Å². The predicted molar refractivity (Wildman–Crippen MR) is 152 cm³/mol. The molecular formula is C30H43N5O6. The van der Waals surface area contributed by atoms with Crippen LogP contribution in [0.25, 0.3) is 0 Å². The van der Waals surface area contributed by atoms with Gasteiger partial charge in [0, 0.05) is 19.5 Å². The summed E-state index contributed by atoms with van der Waals surface area (Å²) in [5.74, 6) is -2.56. The fraction of sp³-hybridized carbons (Fsp3) is 0.633. The maximum atomic E-state index is 13.8. The minimum Gasteiger partial charge on any atom is -0.480 e. The summed E-state index contributed by atoms with van der Waals surface area (Å²) in [6.07, 6.45) is 4.52. The molecule has 1 aromatic carbocycles. The van der Waals surface area contributed by atoms with Crippen LogP contribution >= 0.6 is 0 Å². The number of carboxylic acid groups (broad SMARTS) is 1. The molecule has 0 saturated carbocycles. The van der Waals surface area contributed by atoms with Crippen molar-refractivity contribution in [1.82, 2.24) is 25.8 Å². The van der Waals surface area contributed by atoms with Gasteiger partial charge in [-0.25, -0.2) is 4.79 Å². The Morgan fingerprint density at radius 1 is 0.902 bits per heavy atom. The largest absolute Gasteiger partial charge is 0.480 e. The molecule has 1 aromatic rings. The molecule has 11 nitrogen and oxygen atoms in total. The third-order valence-electron chi connectivity index (χ3n) is 8.71. The van der Waals surface area contributed by atoms with Crippen LogP contribution in [0, 0.1) is 5.92 Å². The van der Waals surface area contributed by atoms with Crippen LogP contribution in [0.5, 0.6) is 0 Å². The van der Waals surface area contributed by atoms with E-state index in [0.29, 0.717) is 45.2 Å². The van der Waals surface area contributed by atoms with E-state index >= 15 is 0 Å². The lowest BCUT2D eigenvalue weighted by atomic mass is 9.96. The van der Waals surface area contributed by atoms with Crippen molar-refractivity contribution < 1.29 is 29.1 Å². The lowest BCUT2D eigenvalue weighted by molar-refractivity contribution is -0.150. The van der Waals surface area contributed by atoms with Crippen LogP contribution in [0.2, 0.25) is 0 Å². The van der Waals surface area contributed by atoms with Crippen LogP contribution < -0.4 is 16.0 Å². The average Bonchev–Trinajstić information content (AvgIpc) is 3.76. The molecule has 6 atom stereocenters. The zero-order chi connectivity index (χ0) is 29.5. The van der Waals surface area contributed by atoms with Crippen molar-refractivity contribution in [3.05, 3.63) is 35.9 Å². The molecule has 4 rings (SSSR count). The highest BCUT2D eigenvalue weighted by atomic mass is 16.4. The van der Waals surface area contributed by atoms with Crippen LogP contribution in [0.15, 0.2) is 30.3 Å². The molecule has 0 radical (unpaired) electrons. The van der Waals surface area contributed by atoms with E-state index in [0.717, 1.165) is 24.9 Å². The molecule has 3 aliphatic rings. The number of carbonyl (C=O) groups is 5. The molecule has 0 aliphatic carbocycles. The lowest BCUT2D eigenvalue weighted by Gasteiger charge is -2.33. The second kappa shape index (κ2) is 13.9. The van der Waals surface area contributed by atoms with Crippen LogP contribution in [0.4, 0.5) is 0 Å². The number of rotatable bonds is 11. The first-order chi connectivity index (χ1) is 19.7. The Labute approximate surface area is 241 Å². The van der Waals surface area contributed by atoms with Crippen molar-refractivity contribution in [2.24, 2.45) is 5.92 Å². The molecule has 4 amide bonds. The number of nitrogens with zero attached hydrogens (tertiary/aromatic N) is 2. The van der Waals surface area contributed by atoms with Gasteiger partial charge in [-0.15, -0.1) is 0 Å². The van der Waals surface area contributed by atoms with Gasteiger partial charge in [0.15, 0.2) is 0 Å². The summed E-state index contributed by atoms with van der Waals surface area (Å²) in [6.45, 7) is 5.34. The summed E-state index contributed by atoms with van der Waals surface area (Å²) in [7, 11) is 0. The van der Waals surface area contributed by atoms with E-state index in [2.05, 4.69) is 16.0 Å². The molecular weight excluding hydrogens is 526 g/mol. The van der Waals surface area contributed by atoms with Gasteiger partial charge in [0.1, 0.15) is 24.2 Å². The first-order valence-electron chi connectivity index (χ1n) is 14.9. The van der Waals surface area contributed by atoms with Crippen LogP contribution in [0.3, 0.4) is 0 Å². The minimum atomic E-state index is -1.06. The molecule has 3 aliphatic heterocycles. The van der Waals surface area contributed by atoms with E-state index < -0.39 is 42.0 Å². The van der Waals surface area contributed by atoms with Crippen molar-refractivity contribution >= 4 is 29.6 Å². The third kappa shape index (κ3) is 7.25. The van der Waals surface area contributed by atoms with E-state index in [4.69, 9.17) is 0 Å². The first-order valence-corrected chi connectivity index (χ1v) is 14.9. The number of hydrogen-bond donors (Lipinski definition) is 4. The highest BCUT2D eigenvalue weighted by Crippen LogP contribution is 2.24. The van der Waals surface area contributed by atoms with E-state index in [1.807, 2.05) is 44.2 Å². The minimum absolute atomic E-state index is 0.132. The molecule has 224 valence electrons. The molecule has 0 spiro atoms. The summed E-state index contributed by atoms with van der Waals surface area (Å²) in [5, 5.41) is 18.6. The van der Waals surface area contributed by atoms with Crippen molar-refractivity contribution in [2.75, 3.05) is 19.6 Å². The molecule has 3 heterocycles. The quantitative estimate of drug-likeness (QED) is 0.312. The Morgan fingerprint density at radius 2 is 1.56 bits per heavy atom. The normalized spacial score (nSPS) is 24.5. The Bertz CT molecular complexity index is 1110. The number of carboxylic acids is 1. The highest BCUT2D eigenvalue weighted by Gasteiger charge is 2.42. The van der Waals surface area contributed by atoms with Gasteiger partial charge in [-0.05, 0) is 56.6 Å². The highest BCUT2D eigenvalue weighted by molar-refractivity contribution is 5.96. The van der Waals surface area contributed by atoms with E-state index in [1.54, 1.807) is 0 Å². The first kappa shape index (κ1) is 30.5. The zero-order valence-electron chi connectivity index (χ0n) is 24.0. The maximum absolute atomic E-state index is 13.8. The maximum Gasteiger partial charge on any atom is 0.326 e. The number of likely N-dealkylation sites (tertiary alicyclic amines) is 2. The molecule has 41 heavy (non-hydrogen) atoms. The number of amides is 4. The number of hydrogen-bond acceptors (Lipinski definition) is 6. The van der Waals surface area contributed by atoms with Crippen LogP contribution in [-0.4, -0.2) is 94.3 Å². The second-order valence-electron chi connectivity index (χ2n) is 11.5. The lowest BCUT2D eigenvalue weighted by Crippen LogP contribution is -2.59. The van der Waals surface area contributed by atoms with Crippen molar-refractivity contribution in [3.8, 4) is 0 Å². The van der Waals surface area contributed by atoms with Gasteiger partial charge in [0.2, 0.25) is 23.6 Å². The van der Waals surface area contributed by atoms with Gasteiger partial charge in [-0.3, -0.25) is 19.2 Å². The van der Waals surface area contributed by atoms with Gasteiger partial charge in [-0.2, -0.15) is 0 Å². The number of nitrogens with one attached hydrogen (secondary N) is 3. The summed E-state index contributed by atoms with van der Waals surface area (Å²) in [6, 6.07) is 5.50. The smallest absolute Gasteiger partial charge is 0.326 e. The Balaban J connectivity index is 1.50. The Kier molecular flexibility index (Phi) is 10.4. The standard InChI is InChI=1S/C30H43N5O6/c1-3-19(2)25(33-26(36)21-12-7-15-31-21)29(39)34-16-8-13-23(34)27(37)32-22(18-20-10-5-4-6-11-20)28(38)35-17-9-14-24(35)30(40)41/h4-6,10-11,19,21-25,31H,3,7-9,12-18H2,1-2H3,(H,32,37)(H,33,36)(H,40,41)/t19-,21-,22-,23-,24-,25-/m0/s1. The summed E-state index contributed by atoms with van der Waals surface area (Å²) >= 11 is 0. The van der Waals surface area contributed by atoms with E-state index in [1.165, 1.54) is 9.80 Å². The van der Waals surface area contributed by atoms with Gasteiger partial charge in [-0.1, -0.05) is 50.6 Å². The topological polar surface area (TPSA) is 148 Å². The summed E-state index contributed by atoms with van der Waals surface area (Å²) < 4.78 is 0. The van der Waals surface area contributed by atoms with Crippen molar-refractivity contribution in [1.29, 1.82) is 0 Å². The van der Waals surface area contributed by atoms with Gasteiger partial charge in [0.05, 0.1) is 6.04 Å². The molecule has 4 N–H and O–H groups in total. The van der Waals surface area contributed by atoms with Gasteiger partial charge < -0.3 is 30.9 Å². The fourth-order valence-corrected chi connectivity index (χ4v) is 6.13. The fourth-order valence-electron chi connectivity index (χ4n) is 6.13. The van der Waals surface area contributed by atoms with Crippen molar-refractivity contribution in [2.45, 2.75) is 95.4 Å². The number of carbonyl (C=O) groups excluding carboxylic acids is 4. The van der Waals surface area contributed by atoms with Crippen LogP contribution in [0.1, 0.15) is 64.4 Å². The monoisotopic (exact) mass is 569 g/mol. The summed E-state index contributed by atoms with van der Waals surface area (Å²) in [5.41, 5.74) is 0.830. The van der Waals surface area contributed by atoms with Crippen LogP contribution in [-0.2, 0) is 30.4 Å². The van der Waals surface area contributed by atoms with E-state index in [9.17, 15) is 29.1 Å². The number of benzene rings is 1. The molecule has 11 heteroatoms. The third-order valence-corrected chi connectivity index (χ3v) is 8.71. The second-order valence-corrected chi connectivity index (χ2v) is 11.5. The molecule has 3 saturated heterocycles. The average molecular weight is 570 g/mol.